The molecule has 1 aromatic heterocycles. The minimum Gasteiger partial charge on any atom is -0.497 e. The Hall–Kier alpha value is -5.57. The summed E-state index contributed by atoms with van der Waals surface area (Å²) in [5, 5.41) is 5.05. The topological polar surface area (TPSA) is 111 Å². The lowest BCUT2D eigenvalue weighted by atomic mass is 10.0. The van der Waals surface area contributed by atoms with Gasteiger partial charge in [-0.15, -0.1) is 0 Å². The van der Waals surface area contributed by atoms with E-state index in [-0.39, 0.29) is 5.75 Å². The summed E-state index contributed by atoms with van der Waals surface area (Å²) in [5.74, 6) is 0.937. The molecule has 5 aromatic rings. The number of H-pyrrole nitrogens is 1. The number of nitrogens with one attached hydrogen (secondary N) is 2. The van der Waals surface area contributed by atoms with E-state index < -0.39 is 11.9 Å². The lowest BCUT2D eigenvalue weighted by Crippen LogP contribution is -2.18. The summed E-state index contributed by atoms with van der Waals surface area (Å²) in [5.41, 5.74) is 6.41. The largest absolute Gasteiger partial charge is 0.497 e. The normalized spacial score (nSPS) is 11.0. The van der Waals surface area contributed by atoms with Crippen LogP contribution in [0.5, 0.6) is 23.0 Å². The monoisotopic (exact) mass is 577 g/mol. The molecule has 0 spiro atoms. The van der Waals surface area contributed by atoms with Gasteiger partial charge < -0.3 is 23.9 Å². The predicted octanol–water partition coefficient (Wildman–Crippen LogP) is 6.62. The number of aromatic nitrogens is 1. The van der Waals surface area contributed by atoms with Crippen LogP contribution in [0, 0.1) is 0 Å². The molecule has 0 unspecified atom stereocenters. The van der Waals surface area contributed by atoms with Crippen molar-refractivity contribution in [3.05, 3.63) is 108 Å². The molecule has 2 N–H and O–H groups in total. The zero-order valence-electron chi connectivity index (χ0n) is 24.0. The molecule has 0 aliphatic carbocycles. The van der Waals surface area contributed by atoms with Gasteiger partial charge in [0.25, 0.3) is 5.91 Å². The van der Waals surface area contributed by atoms with Gasteiger partial charge in [0.2, 0.25) is 0 Å². The zero-order valence-corrected chi connectivity index (χ0v) is 24.0. The summed E-state index contributed by atoms with van der Waals surface area (Å²) < 4.78 is 22.2. The van der Waals surface area contributed by atoms with E-state index in [0.29, 0.717) is 41.5 Å². The summed E-state index contributed by atoms with van der Waals surface area (Å²) in [7, 11) is 1.53. The SMILES string of the molecule is CCOc1ccc2[nH]c(C(=O)NN=Cc3ccc(OC(=O)c4cccc(OC)c4)c(OCC)c3)c(-c3ccccc3)c2c1. The fraction of sp³-hybridized carbons (Fsp3) is 0.147. The molecule has 0 bridgehead atoms. The molecule has 9 heteroatoms. The maximum Gasteiger partial charge on any atom is 0.343 e. The van der Waals surface area contributed by atoms with E-state index in [2.05, 4.69) is 15.5 Å². The molecule has 43 heavy (non-hydrogen) atoms. The van der Waals surface area contributed by atoms with Gasteiger partial charge in [0.05, 0.1) is 32.1 Å². The predicted molar refractivity (Wildman–Crippen MR) is 166 cm³/mol. The van der Waals surface area contributed by atoms with Crippen molar-refractivity contribution in [3.63, 3.8) is 0 Å². The van der Waals surface area contributed by atoms with E-state index >= 15 is 0 Å². The van der Waals surface area contributed by atoms with Gasteiger partial charge in [0.15, 0.2) is 11.5 Å². The van der Waals surface area contributed by atoms with E-state index in [1.165, 1.54) is 13.3 Å². The number of fused-ring (bicyclic) bond motifs is 1. The number of rotatable bonds is 11. The van der Waals surface area contributed by atoms with Crippen molar-refractivity contribution in [3.8, 4) is 34.1 Å². The van der Waals surface area contributed by atoms with Crippen LogP contribution in [0.25, 0.3) is 22.0 Å². The molecule has 1 heterocycles. The first-order valence-electron chi connectivity index (χ1n) is 13.8. The molecule has 0 saturated heterocycles. The molecular formula is C34H31N3O6. The fourth-order valence-corrected chi connectivity index (χ4v) is 4.59. The smallest absolute Gasteiger partial charge is 0.343 e. The average molecular weight is 578 g/mol. The first-order chi connectivity index (χ1) is 21.0. The summed E-state index contributed by atoms with van der Waals surface area (Å²) in [4.78, 5) is 29.3. The number of hydrogen-bond donors (Lipinski definition) is 2. The number of carbonyl (C=O) groups is 2. The molecule has 0 fully saturated rings. The fourth-order valence-electron chi connectivity index (χ4n) is 4.59. The molecule has 1 amide bonds. The highest BCUT2D eigenvalue weighted by atomic mass is 16.6. The Balaban J connectivity index is 1.36. The standard InChI is InChI=1S/C34H31N3O6/c1-4-41-26-15-16-28-27(20-26)31(23-10-7-6-8-11-23)32(36-28)33(38)37-35-21-22-14-17-29(30(18-22)42-5-2)43-34(39)24-12-9-13-25(19-24)40-3/h6-21,36H,4-5H2,1-3H3,(H,37,38). The summed E-state index contributed by atoms with van der Waals surface area (Å²) in [6.45, 7) is 4.65. The van der Waals surface area contributed by atoms with Crippen molar-refractivity contribution in [2.75, 3.05) is 20.3 Å². The van der Waals surface area contributed by atoms with Gasteiger partial charge in [-0.3, -0.25) is 4.79 Å². The number of benzene rings is 4. The number of amides is 1. The minimum absolute atomic E-state index is 0.257. The van der Waals surface area contributed by atoms with Crippen LogP contribution in [0.4, 0.5) is 0 Å². The number of carbonyl (C=O) groups excluding carboxylic acids is 2. The van der Waals surface area contributed by atoms with Crippen molar-refractivity contribution in [2.24, 2.45) is 5.10 Å². The van der Waals surface area contributed by atoms with Gasteiger partial charge in [0, 0.05) is 16.5 Å². The second-order valence-electron chi connectivity index (χ2n) is 9.34. The Morgan fingerprint density at radius 2 is 1.65 bits per heavy atom. The van der Waals surface area contributed by atoms with Gasteiger partial charge in [0.1, 0.15) is 17.2 Å². The molecule has 0 radical (unpaired) electrons. The number of ether oxygens (including phenoxy) is 4. The Labute approximate surface area is 249 Å². The van der Waals surface area contributed by atoms with Crippen LogP contribution >= 0.6 is 0 Å². The number of nitrogens with zero attached hydrogens (tertiary/aromatic N) is 1. The van der Waals surface area contributed by atoms with Crippen LogP contribution in [0.3, 0.4) is 0 Å². The van der Waals surface area contributed by atoms with Crippen molar-refractivity contribution in [2.45, 2.75) is 13.8 Å². The van der Waals surface area contributed by atoms with E-state index in [4.69, 9.17) is 18.9 Å². The van der Waals surface area contributed by atoms with E-state index in [1.54, 1.807) is 42.5 Å². The van der Waals surface area contributed by atoms with Crippen LogP contribution in [-0.2, 0) is 0 Å². The third-order valence-electron chi connectivity index (χ3n) is 6.53. The number of hydrogen-bond acceptors (Lipinski definition) is 7. The molecule has 218 valence electrons. The first kappa shape index (κ1) is 28.9. The highest BCUT2D eigenvalue weighted by Gasteiger charge is 2.20. The van der Waals surface area contributed by atoms with Gasteiger partial charge >= 0.3 is 5.97 Å². The van der Waals surface area contributed by atoms with Crippen LogP contribution in [0.15, 0.2) is 96.1 Å². The third-order valence-corrected chi connectivity index (χ3v) is 6.53. The van der Waals surface area contributed by atoms with Crippen LogP contribution < -0.4 is 24.4 Å². The maximum absolute atomic E-state index is 13.4. The lowest BCUT2D eigenvalue weighted by Gasteiger charge is -2.11. The minimum atomic E-state index is -0.547. The highest BCUT2D eigenvalue weighted by Crippen LogP contribution is 2.35. The van der Waals surface area contributed by atoms with Gasteiger partial charge in [-0.05, 0) is 79.6 Å². The first-order valence-corrected chi connectivity index (χ1v) is 13.8. The van der Waals surface area contributed by atoms with Crippen molar-refractivity contribution in [1.29, 1.82) is 0 Å². The van der Waals surface area contributed by atoms with E-state index in [0.717, 1.165) is 27.8 Å². The molecule has 0 aliphatic heterocycles. The highest BCUT2D eigenvalue weighted by molar-refractivity contribution is 6.10. The molecule has 0 atom stereocenters. The Morgan fingerprint density at radius 1 is 0.837 bits per heavy atom. The Morgan fingerprint density at radius 3 is 2.42 bits per heavy atom. The molecular weight excluding hydrogens is 546 g/mol. The third kappa shape index (κ3) is 6.68. The second kappa shape index (κ2) is 13.4. The summed E-state index contributed by atoms with van der Waals surface area (Å²) in [6.07, 6.45) is 1.49. The maximum atomic E-state index is 13.4. The number of esters is 1. The number of aromatic amines is 1. The lowest BCUT2D eigenvalue weighted by molar-refractivity contribution is 0.0727. The van der Waals surface area contributed by atoms with E-state index in [9.17, 15) is 9.59 Å². The van der Waals surface area contributed by atoms with Crippen molar-refractivity contribution in [1.82, 2.24) is 10.4 Å². The van der Waals surface area contributed by atoms with Crippen molar-refractivity contribution < 1.29 is 28.5 Å². The van der Waals surface area contributed by atoms with Gasteiger partial charge in [-0.1, -0.05) is 36.4 Å². The molecule has 0 aliphatic rings. The van der Waals surface area contributed by atoms with E-state index in [1.807, 2.05) is 62.4 Å². The Kier molecular flexibility index (Phi) is 9.02. The Bertz CT molecular complexity index is 1780. The zero-order chi connectivity index (χ0) is 30.2. The van der Waals surface area contributed by atoms with Gasteiger partial charge in [-0.2, -0.15) is 5.10 Å². The van der Waals surface area contributed by atoms with Crippen LogP contribution in [-0.4, -0.2) is 43.4 Å². The van der Waals surface area contributed by atoms with Gasteiger partial charge in [-0.25, -0.2) is 10.2 Å². The van der Waals surface area contributed by atoms with Crippen LogP contribution in [0.2, 0.25) is 0 Å². The molecule has 0 saturated carbocycles. The number of hydrazone groups is 1. The van der Waals surface area contributed by atoms with Crippen molar-refractivity contribution >= 4 is 29.0 Å². The number of methoxy groups -OCH3 is 1. The molecule has 5 rings (SSSR count). The summed E-state index contributed by atoms with van der Waals surface area (Å²) in [6, 6.07) is 27.1. The van der Waals surface area contributed by atoms with Crippen LogP contribution in [0.1, 0.15) is 40.3 Å². The second-order valence-corrected chi connectivity index (χ2v) is 9.34. The molecule has 4 aromatic carbocycles. The quantitative estimate of drug-likeness (QED) is 0.0790. The average Bonchev–Trinajstić information content (AvgIpc) is 3.42. The summed E-state index contributed by atoms with van der Waals surface area (Å²) >= 11 is 0. The molecule has 9 nitrogen and oxygen atoms in total.